The highest BCUT2D eigenvalue weighted by Gasteiger charge is 2.30. The van der Waals surface area contributed by atoms with Gasteiger partial charge in [0.25, 0.3) is 16.7 Å². The van der Waals surface area contributed by atoms with Crippen LogP contribution in [0, 0.1) is 0 Å². The molecule has 2 fully saturated rings. The van der Waals surface area contributed by atoms with Crippen LogP contribution in [0.2, 0.25) is 5.15 Å². The number of imidazole rings is 2. The maximum atomic E-state index is 14.6. The number of alkyl carbamates (subject to hydrolysis) is 1. The average molecular weight is 1870 g/mol. The SMILES string of the molecule is CC[C@H](N)c1nc2cccc(CCc3ccc(C(=O)OC)cc3)c2c(=O)n1-c1ccccc1.CC[C@H](NC(=O)OC(C)(C)C)c1nc2cccc(CCc3ccc(C(=O)OC)cc3)c2c(=O)n1-c1ccccc1.CC[C@H](Nc1ncnc2c1ncn2C1CCCCO1)c1nc2cccc(CCc3ccc(C(=O)OC)cc3)c2c(=O)n1-c1ccccc1.Clc1ncnc2c1ncn2C1CCCCO1. The van der Waals surface area contributed by atoms with Crippen LogP contribution in [0.15, 0.2) is 258 Å². The van der Waals surface area contributed by atoms with Crippen LogP contribution in [0.1, 0.15) is 212 Å². The van der Waals surface area contributed by atoms with Crippen molar-refractivity contribution in [2.75, 3.05) is 39.9 Å². The highest BCUT2D eigenvalue weighted by Crippen LogP contribution is 2.34. The van der Waals surface area contributed by atoms with Gasteiger partial charge in [-0.1, -0.05) is 160 Å². The van der Waals surface area contributed by atoms with E-state index < -0.39 is 17.7 Å². The molecule has 0 radical (unpaired) electrons. The number of para-hydroxylation sites is 3. The predicted molar refractivity (Wildman–Crippen MR) is 527 cm³/mol. The van der Waals surface area contributed by atoms with Crippen LogP contribution in [-0.2, 0) is 66.9 Å². The molecule has 9 heterocycles. The minimum absolute atomic E-state index is 0.0321. The van der Waals surface area contributed by atoms with Gasteiger partial charge in [-0.2, -0.15) is 0 Å². The van der Waals surface area contributed by atoms with Crippen LogP contribution in [0.25, 0.3) is 72.1 Å². The number of amides is 1. The molecule has 2 saturated heterocycles. The molecular formula is C106H110ClN17O13. The van der Waals surface area contributed by atoms with Crippen molar-refractivity contribution in [2.45, 2.75) is 174 Å². The lowest BCUT2D eigenvalue weighted by Crippen LogP contribution is -2.37. The van der Waals surface area contributed by atoms with E-state index in [2.05, 4.69) is 47.5 Å². The predicted octanol–water partition coefficient (Wildman–Crippen LogP) is 18.8. The van der Waals surface area contributed by atoms with Crippen LogP contribution >= 0.6 is 11.6 Å². The number of nitrogens with zero attached hydrogens (tertiary/aromatic N) is 14. The molecule has 5 atom stereocenters. The summed E-state index contributed by atoms with van der Waals surface area (Å²) in [6, 6.07) is 66.4. The first kappa shape index (κ1) is 96.7. The number of nitrogens with one attached hydrogen (secondary N) is 2. The van der Waals surface area contributed by atoms with Crippen molar-refractivity contribution in [3.8, 4) is 17.1 Å². The summed E-state index contributed by atoms with van der Waals surface area (Å²) in [5.74, 6) is 1.05. The van der Waals surface area contributed by atoms with Gasteiger partial charge in [-0.3, -0.25) is 37.2 Å². The number of nitrogens with two attached hydrogens (primary N) is 1. The fourth-order valence-electron chi connectivity index (χ4n) is 17.0. The third-order valence-corrected chi connectivity index (χ3v) is 24.3. The monoisotopic (exact) mass is 1860 g/mol. The van der Waals surface area contributed by atoms with Gasteiger partial charge in [0.2, 0.25) is 0 Å². The number of rotatable bonds is 26. The highest BCUT2D eigenvalue weighted by molar-refractivity contribution is 6.33. The largest absolute Gasteiger partial charge is 0.465 e. The van der Waals surface area contributed by atoms with Crippen LogP contribution < -0.4 is 33.0 Å². The Morgan fingerprint density at radius 1 is 0.438 bits per heavy atom. The molecule has 1 amide bonds. The second-order valence-electron chi connectivity index (χ2n) is 34.2. The standard InChI is InChI=1S/C37H37N7O4.C32H35N3O5.C27H27N3O3.C10H11ClN4O/c1-3-28(41-33-32-35(39-22-38-33)43(23-40-32)30-14-7-8-21-48-30)34-42-29-13-9-10-25(18-15-24-16-19-26(20-17-24)37(46)47-2)31(29)36(45)44(34)27-11-5-4-6-12-27;1-6-25(34-31(38)40-32(2,3)4)28-33-26-14-10-11-22(18-15-21-16-19-23(20-17-21)30(37)39-5)27(26)29(36)35(28)24-12-8-7-9-13-24;1-3-22(28)25-29-23-11-7-8-19(15-12-18-13-16-20(17-14-18)27(32)33-2)24(23)26(31)30(25)21-9-5-4-6-10-21;11-9-8-10(13-5-12-9)15(6-14-8)7-3-1-2-4-16-7/h4-6,9-13,16-17,19-20,22-23,28,30H,3,7-8,14-15,18,21H2,1-2H3,(H,38,39,41);7-14,16-17,19-20,25H,6,15,18H2,1-5H3,(H,34,38);4-11,13-14,16-17,22H,3,12,15,28H2,1-2H3;5-7H,1-4H2/t28-,30?;25-;22-;/m000./s1. The van der Waals surface area contributed by atoms with Crippen LogP contribution in [0.3, 0.4) is 0 Å². The third kappa shape index (κ3) is 22.7. The first-order valence-electron chi connectivity index (χ1n) is 46.1. The van der Waals surface area contributed by atoms with Crippen molar-refractivity contribution in [1.82, 2.24) is 73.0 Å². The van der Waals surface area contributed by atoms with Crippen molar-refractivity contribution in [2.24, 2.45) is 5.73 Å². The minimum Gasteiger partial charge on any atom is -0.465 e. The number of aryl methyl sites for hydroxylation is 6. The maximum absolute atomic E-state index is 14.6. The van der Waals surface area contributed by atoms with Gasteiger partial charge >= 0.3 is 24.0 Å². The van der Waals surface area contributed by atoms with Crippen molar-refractivity contribution < 1.29 is 47.6 Å². The molecule has 2 unspecified atom stereocenters. The fraction of sp³-hybridized carbons (Fsp3) is 0.302. The molecule has 0 saturated carbocycles. The van der Waals surface area contributed by atoms with Gasteiger partial charge in [-0.25, -0.2) is 64.0 Å². The highest BCUT2D eigenvalue weighted by atomic mass is 35.5. The number of carbonyl (C=O) groups excluding carboxylic acids is 4. The number of benzene rings is 9. The Hall–Kier alpha value is -14.9. The number of anilines is 1. The molecule has 2 aliphatic heterocycles. The van der Waals surface area contributed by atoms with E-state index >= 15 is 0 Å². The lowest BCUT2D eigenvalue weighted by atomic mass is 10.00. The summed E-state index contributed by atoms with van der Waals surface area (Å²) in [4.78, 5) is 132. The second kappa shape index (κ2) is 45.0. The zero-order valence-corrected chi connectivity index (χ0v) is 78.8. The molecule has 31 heteroatoms. The van der Waals surface area contributed by atoms with Crippen molar-refractivity contribution in [3.05, 3.63) is 347 Å². The Bertz CT molecular complexity index is 7120. The van der Waals surface area contributed by atoms with Gasteiger partial charge in [0.05, 0.1) is 119 Å². The van der Waals surface area contributed by atoms with Gasteiger partial charge in [0.15, 0.2) is 27.8 Å². The summed E-state index contributed by atoms with van der Waals surface area (Å²) >= 11 is 5.94. The molecule has 9 aromatic carbocycles. The molecule has 18 rings (SSSR count). The Kier molecular flexibility index (Phi) is 31.8. The first-order valence-corrected chi connectivity index (χ1v) is 46.5. The van der Waals surface area contributed by atoms with E-state index in [0.29, 0.717) is 152 Å². The lowest BCUT2D eigenvalue weighted by molar-refractivity contribution is -0.0299. The maximum Gasteiger partial charge on any atom is 0.408 e. The second-order valence-corrected chi connectivity index (χ2v) is 34.6. The Morgan fingerprint density at radius 3 is 1.18 bits per heavy atom. The number of esters is 3. The summed E-state index contributed by atoms with van der Waals surface area (Å²) < 4.78 is 40.4. The molecule has 7 aromatic heterocycles. The molecule has 0 aliphatic carbocycles. The number of hydrogen-bond acceptors (Lipinski definition) is 24. The number of hydrogen-bond donors (Lipinski definition) is 3. The Labute approximate surface area is 796 Å². The van der Waals surface area contributed by atoms with Crippen LogP contribution in [-0.4, -0.2) is 132 Å². The summed E-state index contributed by atoms with van der Waals surface area (Å²) in [5.41, 5.74) is 19.3. The smallest absolute Gasteiger partial charge is 0.408 e. The number of carbonyl (C=O) groups is 4. The van der Waals surface area contributed by atoms with Gasteiger partial charge < -0.3 is 44.8 Å². The van der Waals surface area contributed by atoms with Crippen LogP contribution in [0.4, 0.5) is 10.6 Å². The normalized spacial score (nSPS) is 14.3. The molecule has 704 valence electrons. The molecule has 4 N–H and O–H groups in total. The van der Waals surface area contributed by atoms with E-state index in [-0.39, 0.29) is 59.1 Å². The van der Waals surface area contributed by atoms with E-state index in [1.165, 1.54) is 40.4 Å². The van der Waals surface area contributed by atoms with E-state index in [9.17, 15) is 33.6 Å². The molecule has 2 aliphatic rings. The number of methoxy groups -OCH3 is 3. The topological polar surface area (TPSA) is 366 Å². The molecule has 0 bridgehead atoms. The van der Waals surface area contributed by atoms with E-state index in [1.54, 1.807) is 83.5 Å². The third-order valence-electron chi connectivity index (χ3n) is 24.1. The van der Waals surface area contributed by atoms with Gasteiger partial charge in [-0.15, -0.1) is 0 Å². The van der Waals surface area contributed by atoms with Gasteiger partial charge in [0.1, 0.15) is 53.7 Å². The van der Waals surface area contributed by atoms with Crippen molar-refractivity contribution in [3.63, 3.8) is 0 Å². The lowest BCUT2D eigenvalue weighted by Gasteiger charge is -2.25. The summed E-state index contributed by atoms with van der Waals surface area (Å²) in [7, 11) is 4.09. The van der Waals surface area contributed by atoms with E-state index in [0.717, 1.165) is 102 Å². The summed E-state index contributed by atoms with van der Waals surface area (Å²) in [5, 5.41) is 8.58. The zero-order valence-electron chi connectivity index (χ0n) is 78.0. The number of fused-ring (bicyclic) bond motifs is 5. The van der Waals surface area contributed by atoms with E-state index in [1.807, 2.05) is 205 Å². The number of ether oxygens (including phenoxy) is 6. The zero-order chi connectivity index (χ0) is 96.2. The average Bonchev–Trinajstić information content (AvgIpc) is 1.02. The van der Waals surface area contributed by atoms with Crippen molar-refractivity contribution >= 4 is 96.5 Å². The molecule has 0 spiro atoms. The Balaban J connectivity index is 0.000000146. The van der Waals surface area contributed by atoms with Gasteiger partial charge in [-0.05, 0) is 241 Å². The van der Waals surface area contributed by atoms with E-state index in [4.69, 9.17) is 60.7 Å². The minimum atomic E-state index is -0.660. The molecule has 137 heavy (non-hydrogen) atoms. The number of halogens is 1. The quantitative estimate of drug-likeness (QED) is 0.0257. The Morgan fingerprint density at radius 2 is 0.810 bits per heavy atom. The molecular weight excluding hydrogens is 1750 g/mol. The number of aromatic nitrogens is 14. The first-order chi connectivity index (χ1) is 66.5. The molecule has 30 nitrogen and oxygen atoms in total. The van der Waals surface area contributed by atoms with Gasteiger partial charge in [0, 0.05) is 13.2 Å². The molecule has 16 aromatic rings. The summed E-state index contributed by atoms with van der Waals surface area (Å²) in [6.07, 6.45) is 18.0. The summed E-state index contributed by atoms with van der Waals surface area (Å²) in [6.45, 7) is 12.9. The van der Waals surface area contributed by atoms with Crippen LogP contribution in [0.5, 0.6) is 0 Å². The fourth-order valence-corrected chi connectivity index (χ4v) is 17.1. The van der Waals surface area contributed by atoms with Crippen molar-refractivity contribution in [1.29, 1.82) is 0 Å².